The molecule has 6 nitrogen and oxygen atoms in total. The Morgan fingerprint density at radius 3 is 2.54 bits per heavy atom. The summed E-state index contributed by atoms with van der Waals surface area (Å²) >= 11 is 0. The first-order chi connectivity index (χ1) is 12.3. The fraction of sp³-hybridized carbons (Fsp3) is 0.474. The third-order valence-corrected chi connectivity index (χ3v) is 3.89. The van der Waals surface area contributed by atoms with Crippen molar-refractivity contribution in [3.8, 4) is 0 Å². The molecule has 0 aliphatic rings. The molecule has 1 atom stereocenters. The van der Waals surface area contributed by atoms with E-state index in [-0.39, 0.29) is 30.1 Å². The van der Waals surface area contributed by atoms with Gasteiger partial charge in [-0.2, -0.15) is 5.10 Å². The van der Waals surface area contributed by atoms with E-state index in [2.05, 4.69) is 39.8 Å². The summed E-state index contributed by atoms with van der Waals surface area (Å²) in [5, 5.41) is 10.8. The Morgan fingerprint density at radius 2 is 1.88 bits per heavy atom. The molecule has 0 radical (unpaired) electrons. The number of halogens is 1. The summed E-state index contributed by atoms with van der Waals surface area (Å²) in [6.07, 6.45) is 5.84. The number of nitrogens with one attached hydrogen (secondary N) is 2. The number of aryl methyl sites for hydroxylation is 1. The zero-order chi connectivity index (χ0) is 17.7. The predicted molar refractivity (Wildman–Crippen MR) is 117 cm³/mol. The monoisotopic (exact) mass is 471 g/mol. The molecule has 7 heteroatoms. The number of hydrogen-bond donors (Lipinski definition) is 2. The maximum Gasteiger partial charge on any atom is 0.190 e. The van der Waals surface area contributed by atoms with E-state index >= 15 is 0 Å². The van der Waals surface area contributed by atoms with Gasteiger partial charge in [0.15, 0.2) is 5.96 Å². The second-order valence-corrected chi connectivity index (χ2v) is 5.83. The van der Waals surface area contributed by atoms with Crippen molar-refractivity contribution in [2.45, 2.75) is 32.4 Å². The molecule has 0 aliphatic carbocycles. The molecule has 0 aliphatic heterocycles. The van der Waals surface area contributed by atoms with E-state index in [0.29, 0.717) is 0 Å². The molecule has 0 bridgehead atoms. The van der Waals surface area contributed by atoms with Crippen molar-refractivity contribution in [2.24, 2.45) is 4.99 Å². The molecule has 0 amide bonds. The summed E-state index contributed by atoms with van der Waals surface area (Å²) in [6, 6.07) is 12.2. The number of benzene rings is 1. The largest absolute Gasteiger partial charge is 0.374 e. The molecule has 2 rings (SSSR count). The highest BCUT2D eigenvalue weighted by atomic mass is 127. The Morgan fingerprint density at radius 1 is 1.15 bits per heavy atom. The topological polar surface area (TPSA) is 63.5 Å². The Balaban J connectivity index is 0.00000338. The summed E-state index contributed by atoms with van der Waals surface area (Å²) in [5.41, 5.74) is 1.21. The van der Waals surface area contributed by atoms with E-state index in [9.17, 15) is 0 Å². The third kappa shape index (κ3) is 8.66. The molecular weight excluding hydrogens is 441 g/mol. The normalized spacial score (nSPS) is 12.3. The zero-order valence-electron chi connectivity index (χ0n) is 15.6. The van der Waals surface area contributed by atoms with Gasteiger partial charge in [0.2, 0.25) is 0 Å². The van der Waals surface area contributed by atoms with E-state index in [4.69, 9.17) is 4.74 Å². The van der Waals surface area contributed by atoms with Gasteiger partial charge in [-0.05, 0) is 31.4 Å². The van der Waals surface area contributed by atoms with Gasteiger partial charge >= 0.3 is 0 Å². The van der Waals surface area contributed by atoms with Crippen molar-refractivity contribution in [3.05, 3.63) is 54.4 Å². The lowest BCUT2D eigenvalue weighted by Crippen LogP contribution is -2.38. The molecule has 0 saturated heterocycles. The minimum Gasteiger partial charge on any atom is -0.374 e. The van der Waals surface area contributed by atoms with Gasteiger partial charge in [-0.25, -0.2) is 0 Å². The first kappa shape index (κ1) is 22.4. The van der Waals surface area contributed by atoms with Crippen molar-refractivity contribution >= 4 is 29.9 Å². The summed E-state index contributed by atoms with van der Waals surface area (Å²) in [6.45, 7) is 5.41. The van der Waals surface area contributed by atoms with Crippen molar-refractivity contribution in [2.75, 3.05) is 26.7 Å². The van der Waals surface area contributed by atoms with Gasteiger partial charge in [-0.3, -0.25) is 9.67 Å². The van der Waals surface area contributed by atoms with Crippen LogP contribution in [0.4, 0.5) is 0 Å². The second-order valence-electron chi connectivity index (χ2n) is 5.83. The van der Waals surface area contributed by atoms with Crippen LogP contribution in [0.15, 0.2) is 53.8 Å². The maximum absolute atomic E-state index is 5.87. The Hall–Kier alpha value is -1.61. The van der Waals surface area contributed by atoms with Gasteiger partial charge in [-0.1, -0.05) is 30.3 Å². The van der Waals surface area contributed by atoms with Crippen LogP contribution in [0.1, 0.15) is 31.4 Å². The Labute approximate surface area is 173 Å². The van der Waals surface area contributed by atoms with Gasteiger partial charge < -0.3 is 15.4 Å². The fourth-order valence-electron chi connectivity index (χ4n) is 2.46. The van der Waals surface area contributed by atoms with E-state index < -0.39 is 0 Å². The second kappa shape index (κ2) is 13.6. The summed E-state index contributed by atoms with van der Waals surface area (Å²) in [4.78, 5) is 4.23. The Kier molecular flexibility index (Phi) is 11.7. The predicted octanol–water partition coefficient (Wildman–Crippen LogP) is 3.22. The molecule has 0 saturated carbocycles. The van der Waals surface area contributed by atoms with E-state index in [0.717, 1.165) is 45.0 Å². The lowest BCUT2D eigenvalue weighted by molar-refractivity contribution is 0.0646. The van der Waals surface area contributed by atoms with Gasteiger partial charge in [0.05, 0.1) is 6.10 Å². The number of ether oxygens (including phenoxy) is 1. The van der Waals surface area contributed by atoms with Crippen LogP contribution in [0.25, 0.3) is 0 Å². The first-order valence-electron chi connectivity index (χ1n) is 8.88. The number of aromatic nitrogens is 2. The Bertz CT molecular complexity index is 604. The van der Waals surface area contributed by atoms with Gasteiger partial charge in [0.1, 0.15) is 0 Å². The quantitative estimate of drug-likeness (QED) is 0.242. The number of nitrogens with zero attached hydrogens (tertiary/aromatic N) is 3. The number of guanidine groups is 1. The number of rotatable bonds is 10. The molecule has 0 fully saturated rings. The number of aliphatic imine (C=N–C) groups is 1. The highest BCUT2D eigenvalue weighted by Gasteiger charge is 2.04. The third-order valence-electron chi connectivity index (χ3n) is 3.89. The summed E-state index contributed by atoms with van der Waals surface area (Å²) < 4.78 is 7.81. The lowest BCUT2D eigenvalue weighted by atomic mass is 10.1. The SMILES string of the molecule is CN=C(NCCCOC(C)c1ccccc1)NCCCn1cccn1.I. The standard InChI is InChI=1S/C19H29N5O.HI/c1-17(18-9-4-3-5-10-18)25-16-8-12-22-19(20-2)21-11-6-14-24-15-7-13-23-24;/h3-5,7,9-10,13,15,17H,6,8,11-12,14,16H2,1-2H3,(H2,20,21,22);1H. The molecule has 1 unspecified atom stereocenters. The average molecular weight is 471 g/mol. The van der Waals surface area contributed by atoms with Gasteiger partial charge in [-0.15, -0.1) is 24.0 Å². The summed E-state index contributed by atoms with van der Waals surface area (Å²) in [5.74, 6) is 0.830. The highest BCUT2D eigenvalue weighted by molar-refractivity contribution is 14.0. The molecule has 2 N–H and O–H groups in total. The molecule has 2 aromatic rings. The highest BCUT2D eigenvalue weighted by Crippen LogP contribution is 2.15. The lowest BCUT2D eigenvalue weighted by Gasteiger charge is -2.15. The van der Waals surface area contributed by atoms with Crippen LogP contribution in [0.2, 0.25) is 0 Å². The van der Waals surface area contributed by atoms with Crippen molar-refractivity contribution < 1.29 is 4.74 Å². The maximum atomic E-state index is 5.87. The van der Waals surface area contributed by atoms with Crippen LogP contribution in [0, 0.1) is 0 Å². The minimum absolute atomic E-state index is 0. The van der Waals surface area contributed by atoms with Crippen LogP contribution in [0.5, 0.6) is 0 Å². The molecular formula is C19H30IN5O. The molecule has 26 heavy (non-hydrogen) atoms. The van der Waals surface area contributed by atoms with Gasteiger partial charge in [0, 0.05) is 45.7 Å². The van der Waals surface area contributed by atoms with Crippen LogP contribution >= 0.6 is 24.0 Å². The van der Waals surface area contributed by atoms with Crippen LogP contribution < -0.4 is 10.6 Å². The average Bonchev–Trinajstić information content (AvgIpc) is 3.17. The van der Waals surface area contributed by atoms with E-state index in [1.165, 1.54) is 5.56 Å². The molecule has 1 heterocycles. The van der Waals surface area contributed by atoms with Crippen LogP contribution in [0.3, 0.4) is 0 Å². The smallest absolute Gasteiger partial charge is 0.190 e. The van der Waals surface area contributed by atoms with Crippen LogP contribution in [-0.2, 0) is 11.3 Å². The number of hydrogen-bond acceptors (Lipinski definition) is 3. The van der Waals surface area contributed by atoms with Crippen molar-refractivity contribution in [1.82, 2.24) is 20.4 Å². The van der Waals surface area contributed by atoms with E-state index in [1.807, 2.05) is 35.1 Å². The molecule has 0 spiro atoms. The molecule has 144 valence electrons. The van der Waals surface area contributed by atoms with Crippen molar-refractivity contribution in [1.29, 1.82) is 0 Å². The van der Waals surface area contributed by atoms with Gasteiger partial charge in [0.25, 0.3) is 0 Å². The minimum atomic E-state index is 0. The zero-order valence-corrected chi connectivity index (χ0v) is 17.9. The molecule has 1 aromatic heterocycles. The molecule has 1 aromatic carbocycles. The van der Waals surface area contributed by atoms with E-state index in [1.54, 1.807) is 13.2 Å². The van der Waals surface area contributed by atoms with Crippen molar-refractivity contribution in [3.63, 3.8) is 0 Å². The summed E-state index contributed by atoms with van der Waals surface area (Å²) in [7, 11) is 1.79. The first-order valence-corrected chi connectivity index (χ1v) is 8.88. The van der Waals surface area contributed by atoms with Crippen LogP contribution in [-0.4, -0.2) is 42.5 Å². The fourth-order valence-corrected chi connectivity index (χ4v) is 2.46.